The fourth-order valence-electron chi connectivity index (χ4n) is 1.87. The van der Waals surface area contributed by atoms with E-state index in [1.54, 1.807) is 0 Å². The molecule has 0 aliphatic heterocycles. The van der Waals surface area contributed by atoms with Crippen molar-refractivity contribution in [1.29, 1.82) is 0 Å². The lowest BCUT2D eigenvalue weighted by atomic mass is 10.0. The highest BCUT2D eigenvalue weighted by Gasteiger charge is 2.26. The molecule has 3 nitrogen and oxygen atoms in total. The highest BCUT2D eigenvalue weighted by molar-refractivity contribution is 5.85. The molecule has 2 rings (SSSR count). The normalized spacial score (nSPS) is 16.2. The standard InChI is InChI=1S/C12H16FNO2.ClH/c1-16-11-6-8(13)5-9(12(11)15)10(14)4-7-2-3-7;/h5-7,10,15H,2-4,14H2,1H3;1H/t10-;/m1./s1. The van der Waals surface area contributed by atoms with Crippen LogP contribution in [-0.2, 0) is 0 Å². The minimum Gasteiger partial charge on any atom is -0.504 e. The first kappa shape index (κ1) is 14.1. The molecular formula is C12H17ClFNO2. The zero-order valence-electron chi connectivity index (χ0n) is 9.65. The van der Waals surface area contributed by atoms with Gasteiger partial charge < -0.3 is 15.6 Å². The average molecular weight is 262 g/mol. The number of rotatable bonds is 4. The van der Waals surface area contributed by atoms with E-state index in [1.165, 1.54) is 26.0 Å². The van der Waals surface area contributed by atoms with Gasteiger partial charge in [-0.3, -0.25) is 0 Å². The summed E-state index contributed by atoms with van der Waals surface area (Å²) in [6.45, 7) is 0. The third-order valence-corrected chi connectivity index (χ3v) is 2.97. The van der Waals surface area contributed by atoms with Crippen LogP contribution in [0.25, 0.3) is 0 Å². The minimum absolute atomic E-state index is 0. The van der Waals surface area contributed by atoms with Crippen LogP contribution in [0, 0.1) is 11.7 Å². The van der Waals surface area contributed by atoms with Crippen LogP contribution < -0.4 is 10.5 Å². The van der Waals surface area contributed by atoms with Crippen molar-refractivity contribution in [3.8, 4) is 11.5 Å². The Kier molecular flexibility index (Phi) is 4.60. The number of methoxy groups -OCH3 is 1. The Hall–Kier alpha value is -1.00. The van der Waals surface area contributed by atoms with Gasteiger partial charge in [0.05, 0.1) is 7.11 Å². The SMILES string of the molecule is COc1cc(F)cc([C@H](N)CC2CC2)c1O.Cl. The highest BCUT2D eigenvalue weighted by atomic mass is 35.5. The minimum atomic E-state index is -0.434. The van der Waals surface area contributed by atoms with Gasteiger partial charge in [-0.05, 0) is 18.4 Å². The average Bonchev–Trinajstić information content (AvgIpc) is 3.04. The third-order valence-electron chi connectivity index (χ3n) is 2.97. The molecule has 3 N–H and O–H groups in total. The molecule has 0 amide bonds. The Bertz CT molecular complexity index is 396. The number of ether oxygens (including phenoxy) is 1. The van der Waals surface area contributed by atoms with E-state index in [0.717, 1.165) is 12.5 Å². The number of halogens is 2. The monoisotopic (exact) mass is 261 g/mol. The number of phenols is 1. The number of aromatic hydroxyl groups is 1. The van der Waals surface area contributed by atoms with Crippen LogP contribution in [0.3, 0.4) is 0 Å². The van der Waals surface area contributed by atoms with Crippen LogP contribution in [0.4, 0.5) is 4.39 Å². The lowest BCUT2D eigenvalue weighted by Gasteiger charge is -2.15. The van der Waals surface area contributed by atoms with Crippen molar-refractivity contribution in [2.75, 3.05) is 7.11 Å². The summed E-state index contributed by atoms with van der Waals surface area (Å²) in [5.74, 6) is 0.290. The van der Waals surface area contributed by atoms with E-state index in [9.17, 15) is 9.50 Å². The van der Waals surface area contributed by atoms with Gasteiger partial charge in [-0.25, -0.2) is 4.39 Å². The summed E-state index contributed by atoms with van der Waals surface area (Å²) in [7, 11) is 1.39. The Morgan fingerprint density at radius 1 is 1.53 bits per heavy atom. The zero-order valence-corrected chi connectivity index (χ0v) is 10.5. The van der Waals surface area contributed by atoms with Gasteiger partial charge in [0.15, 0.2) is 11.5 Å². The summed E-state index contributed by atoms with van der Waals surface area (Å²) >= 11 is 0. The topological polar surface area (TPSA) is 55.5 Å². The van der Waals surface area contributed by atoms with Gasteiger partial charge in [0.2, 0.25) is 0 Å². The molecule has 1 aromatic rings. The number of phenolic OH excluding ortho intramolecular Hbond substituents is 1. The highest BCUT2D eigenvalue weighted by Crippen LogP contribution is 2.41. The summed E-state index contributed by atoms with van der Waals surface area (Å²) < 4.78 is 18.2. The molecule has 1 aliphatic rings. The molecule has 0 bridgehead atoms. The fraction of sp³-hybridized carbons (Fsp3) is 0.500. The molecule has 5 heteroatoms. The van der Waals surface area contributed by atoms with E-state index in [2.05, 4.69) is 0 Å². The molecule has 0 spiro atoms. The fourth-order valence-corrected chi connectivity index (χ4v) is 1.87. The molecule has 0 radical (unpaired) electrons. The van der Waals surface area contributed by atoms with Crippen molar-refractivity contribution >= 4 is 12.4 Å². The van der Waals surface area contributed by atoms with E-state index < -0.39 is 5.82 Å². The van der Waals surface area contributed by atoms with Gasteiger partial charge >= 0.3 is 0 Å². The van der Waals surface area contributed by atoms with Crippen molar-refractivity contribution in [1.82, 2.24) is 0 Å². The molecule has 17 heavy (non-hydrogen) atoms. The van der Waals surface area contributed by atoms with Crippen LogP contribution in [0.1, 0.15) is 30.9 Å². The van der Waals surface area contributed by atoms with Gasteiger partial charge in [-0.1, -0.05) is 12.8 Å². The summed E-state index contributed by atoms with van der Waals surface area (Å²) in [6.07, 6.45) is 3.15. The van der Waals surface area contributed by atoms with Gasteiger partial charge in [0.25, 0.3) is 0 Å². The van der Waals surface area contributed by atoms with Crippen molar-refractivity contribution in [3.05, 3.63) is 23.5 Å². The summed E-state index contributed by atoms with van der Waals surface area (Å²) in [4.78, 5) is 0. The molecular weight excluding hydrogens is 245 g/mol. The Morgan fingerprint density at radius 2 is 2.18 bits per heavy atom. The van der Waals surface area contributed by atoms with E-state index in [1.807, 2.05) is 0 Å². The maximum absolute atomic E-state index is 13.3. The van der Waals surface area contributed by atoms with Crippen molar-refractivity contribution < 1.29 is 14.2 Å². The van der Waals surface area contributed by atoms with Gasteiger partial charge in [-0.15, -0.1) is 12.4 Å². The van der Waals surface area contributed by atoms with E-state index in [0.29, 0.717) is 11.5 Å². The Morgan fingerprint density at radius 3 is 2.71 bits per heavy atom. The smallest absolute Gasteiger partial charge is 0.163 e. The first-order chi connectivity index (χ1) is 7.61. The molecule has 0 aromatic heterocycles. The van der Waals surface area contributed by atoms with E-state index >= 15 is 0 Å². The number of benzene rings is 1. The molecule has 0 unspecified atom stereocenters. The maximum Gasteiger partial charge on any atom is 0.163 e. The lowest BCUT2D eigenvalue weighted by molar-refractivity contribution is 0.363. The Labute approximate surface area is 106 Å². The lowest BCUT2D eigenvalue weighted by Crippen LogP contribution is -2.12. The zero-order chi connectivity index (χ0) is 11.7. The second-order valence-electron chi connectivity index (χ2n) is 4.33. The predicted molar refractivity (Wildman–Crippen MR) is 66.1 cm³/mol. The summed E-state index contributed by atoms with van der Waals surface area (Å²) in [6, 6.07) is 2.12. The quantitative estimate of drug-likeness (QED) is 0.876. The molecule has 1 fully saturated rings. The summed E-state index contributed by atoms with van der Waals surface area (Å²) in [5, 5.41) is 9.85. The molecule has 0 heterocycles. The van der Waals surface area contributed by atoms with Crippen LogP contribution in [-0.4, -0.2) is 12.2 Å². The largest absolute Gasteiger partial charge is 0.504 e. The molecule has 96 valence electrons. The number of hydrogen-bond donors (Lipinski definition) is 2. The van der Waals surface area contributed by atoms with E-state index in [4.69, 9.17) is 10.5 Å². The Balaban J connectivity index is 0.00000144. The molecule has 1 aliphatic carbocycles. The number of nitrogens with two attached hydrogens (primary N) is 1. The van der Waals surface area contributed by atoms with Crippen molar-refractivity contribution in [3.63, 3.8) is 0 Å². The predicted octanol–water partition coefficient (Wildman–Crippen LogP) is 2.76. The van der Waals surface area contributed by atoms with Crippen LogP contribution in [0.15, 0.2) is 12.1 Å². The molecule has 1 atom stereocenters. The first-order valence-electron chi connectivity index (χ1n) is 5.43. The first-order valence-corrected chi connectivity index (χ1v) is 5.43. The summed E-state index contributed by atoms with van der Waals surface area (Å²) in [5.41, 5.74) is 6.38. The number of hydrogen-bond acceptors (Lipinski definition) is 3. The second kappa shape index (κ2) is 5.56. The molecule has 0 saturated heterocycles. The molecule has 1 aromatic carbocycles. The molecule has 1 saturated carbocycles. The van der Waals surface area contributed by atoms with Crippen molar-refractivity contribution in [2.45, 2.75) is 25.3 Å². The van der Waals surface area contributed by atoms with Crippen LogP contribution in [0.5, 0.6) is 11.5 Å². The maximum atomic E-state index is 13.3. The van der Waals surface area contributed by atoms with Gasteiger partial charge in [-0.2, -0.15) is 0 Å². The van der Waals surface area contributed by atoms with Gasteiger partial charge in [0, 0.05) is 17.7 Å². The second-order valence-corrected chi connectivity index (χ2v) is 4.33. The van der Waals surface area contributed by atoms with Crippen molar-refractivity contribution in [2.24, 2.45) is 11.7 Å². The van der Waals surface area contributed by atoms with Crippen LogP contribution in [0.2, 0.25) is 0 Å². The third kappa shape index (κ3) is 3.23. The van der Waals surface area contributed by atoms with E-state index in [-0.39, 0.29) is 29.9 Å². The van der Waals surface area contributed by atoms with Gasteiger partial charge in [0.1, 0.15) is 5.82 Å². The van der Waals surface area contributed by atoms with Crippen LogP contribution >= 0.6 is 12.4 Å².